The van der Waals surface area contributed by atoms with Crippen LogP contribution >= 0.6 is 0 Å². The summed E-state index contributed by atoms with van der Waals surface area (Å²) < 4.78 is 11.6. The zero-order chi connectivity index (χ0) is 15.9. The lowest BCUT2D eigenvalue weighted by molar-refractivity contribution is 0.215. The van der Waals surface area contributed by atoms with Gasteiger partial charge in [0.1, 0.15) is 24.7 Å². The zero-order valence-electron chi connectivity index (χ0n) is 13.2. The third-order valence-corrected chi connectivity index (χ3v) is 3.58. The van der Waals surface area contributed by atoms with Gasteiger partial charge in [-0.25, -0.2) is 0 Å². The number of benzene rings is 2. The third kappa shape index (κ3) is 3.79. The van der Waals surface area contributed by atoms with Crippen LogP contribution < -0.4 is 9.47 Å². The Kier molecular flexibility index (Phi) is 5.42. The van der Waals surface area contributed by atoms with Crippen LogP contribution in [0.1, 0.15) is 22.3 Å². The van der Waals surface area contributed by atoms with Crippen molar-refractivity contribution in [2.75, 3.05) is 13.2 Å². The molecule has 2 aromatic rings. The number of hydrogen-bond donors (Lipinski definition) is 1. The molecule has 2 aromatic carbocycles. The summed E-state index contributed by atoms with van der Waals surface area (Å²) >= 11 is 0. The van der Waals surface area contributed by atoms with E-state index in [1.165, 1.54) is 11.8 Å². The van der Waals surface area contributed by atoms with Crippen LogP contribution in [0, 0.1) is 20.8 Å². The Morgan fingerprint density at radius 1 is 0.955 bits per heavy atom. The average molecular weight is 299 g/mol. The minimum atomic E-state index is 0.420. The molecular weight excluding hydrogens is 278 g/mol. The van der Waals surface area contributed by atoms with Crippen molar-refractivity contribution in [2.24, 2.45) is 5.16 Å². The highest BCUT2D eigenvalue weighted by Gasteiger charge is 2.06. The van der Waals surface area contributed by atoms with Crippen molar-refractivity contribution in [1.29, 1.82) is 0 Å². The van der Waals surface area contributed by atoms with E-state index in [0.717, 1.165) is 22.4 Å². The molecule has 0 aliphatic carbocycles. The van der Waals surface area contributed by atoms with E-state index in [9.17, 15) is 0 Å². The zero-order valence-corrected chi connectivity index (χ0v) is 13.2. The maximum atomic E-state index is 8.64. The predicted octanol–water partition coefficient (Wildman–Crippen LogP) is 3.88. The number of aryl methyl sites for hydroxylation is 2. The van der Waals surface area contributed by atoms with Crippen molar-refractivity contribution < 1.29 is 14.7 Å². The molecule has 0 unspecified atom stereocenters. The van der Waals surface area contributed by atoms with Crippen LogP contribution in [-0.4, -0.2) is 24.6 Å². The van der Waals surface area contributed by atoms with Crippen molar-refractivity contribution in [3.8, 4) is 11.5 Å². The van der Waals surface area contributed by atoms with Gasteiger partial charge in [0.15, 0.2) is 0 Å². The van der Waals surface area contributed by atoms with Gasteiger partial charge in [-0.1, -0.05) is 29.4 Å². The highest BCUT2D eigenvalue weighted by molar-refractivity contribution is 5.82. The molecule has 22 heavy (non-hydrogen) atoms. The summed E-state index contributed by atoms with van der Waals surface area (Å²) in [5.41, 5.74) is 4.22. The quantitative estimate of drug-likeness (QED) is 0.381. The van der Waals surface area contributed by atoms with Gasteiger partial charge in [0.2, 0.25) is 0 Å². The molecular formula is C18H21NO3. The van der Waals surface area contributed by atoms with Crippen molar-refractivity contribution in [3.63, 3.8) is 0 Å². The van der Waals surface area contributed by atoms with Crippen LogP contribution in [0.5, 0.6) is 11.5 Å². The summed E-state index contributed by atoms with van der Waals surface area (Å²) in [5.74, 6) is 1.59. The van der Waals surface area contributed by atoms with Gasteiger partial charge in [-0.15, -0.1) is 0 Å². The normalized spacial score (nSPS) is 10.9. The molecule has 116 valence electrons. The Morgan fingerprint density at radius 3 is 2.41 bits per heavy atom. The molecule has 2 rings (SSSR count). The highest BCUT2D eigenvalue weighted by Crippen LogP contribution is 2.25. The van der Waals surface area contributed by atoms with Crippen LogP contribution in [0.25, 0.3) is 0 Å². The van der Waals surface area contributed by atoms with Gasteiger partial charge in [0.25, 0.3) is 0 Å². The average Bonchev–Trinajstić information content (AvgIpc) is 2.52. The van der Waals surface area contributed by atoms with Crippen molar-refractivity contribution >= 4 is 6.21 Å². The molecule has 0 heterocycles. The second-order valence-electron chi connectivity index (χ2n) is 5.13. The number of para-hydroxylation sites is 1. The molecule has 0 aliphatic heterocycles. The third-order valence-electron chi connectivity index (χ3n) is 3.58. The molecule has 4 heteroatoms. The number of hydrogen-bond acceptors (Lipinski definition) is 4. The summed E-state index contributed by atoms with van der Waals surface area (Å²) in [7, 11) is 0. The first-order chi connectivity index (χ1) is 10.6. The summed E-state index contributed by atoms with van der Waals surface area (Å²) in [6.45, 7) is 7.04. The molecule has 4 nitrogen and oxygen atoms in total. The molecule has 0 saturated heterocycles. The van der Waals surface area contributed by atoms with E-state index in [-0.39, 0.29) is 0 Å². The van der Waals surface area contributed by atoms with E-state index >= 15 is 0 Å². The number of nitrogens with zero attached hydrogens (tertiary/aromatic N) is 1. The van der Waals surface area contributed by atoms with Crippen molar-refractivity contribution in [1.82, 2.24) is 0 Å². The van der Waals surface area contributed by atoms with E-state index in [1.54, 1.807) is 0 Å². The number of oxime groups is 1. The largest absolute Gasteiger partial charge is 0.489 e. The molecule has 0 aromatic heterocycles. The second kappa shape index (κ2) is 7.50. The van der Waals surface area contributed by atoms with E-state index in [4.69, 9.17) is 14.7 Å². The summed E-state index contributed by atoms with van der Waals surface area (Å²) in [5, 5.41) is 11.7. The topological polar surface area (TPSA) is 51.0 Å². The molecule has 0 aliphatic rings. The maximum Gasteiger partial charge on any atom is 0.128 e. The van der Waals surface area contributed by atoms with Gasteiger partial charge in [-0.3, -0.25) is 0 Å². The summed E-state index contributed by atoms with van der Waals surface area (Å²) in [4.78, 5) is 0. The minimum absolute atomic E-state index is 0.420. The molecule has 0 fully saturated rings. The Bertz CT molecular complexity index is 665. The van der Waals surface area contributed by atoms with E-state index in [0.29, 0.717) is 19.0 Å². The fourth-order valence-electron chi connectivity index (χ4n) is 2.22. The van der Waals surface area contributed by atoms with E-state index < -0.39 is 0 Å². The molecule has 0 radical (unpaired) electrons. The number of ether oxygens (including phenoxy) is 2. The van der Waals surface area contributed by atoms with E-state index in [2.05, 4.69) is 31.1 Å². The first-order valence-electron chi connectivity index (χ1n) is 7.22. The Hall–Kier alpha value is -2.49. The monoisotopic (exact) mass is 299 g/mol. The van der Waals surface area contributed by atoms with Gasteiger partial charge in [-0.05, 0) is 49.6 Å². The van der Waals surface area contributed by atoms with Gasteiger partial charge in [0.05, 0.1) is 6.21 Å². The first kappa shape index (κ1) is 15.9. The first-order valence-corrected chi connectivity index (χ1v) is 7.22. The molecule has 0 atom stereocenters. The molecule has 0 saturated carbocycles. The van der Waals surface area contributed by atoms with Crippen LogP contribution in [0.2, 0.25) is 0 Å². The lowest BCUT2D eigenvalue weighted by Crippen LogP contribution is -2.11. The lowest BCUT2D eigenvalue weighted by Gasteiger charge is -2.14. The second-order valence-corrected chi connectivity index (χ2v) is 5.13. The smallest absolute Gasteiger partial charge is 0.128 e. The van der Waals surface area contributed by atoms with Crippen LogP contribution in [0.15, 0.2) is 41.6 Å². The van der Waals surface area contributed by atoms with Gasteiger partial charge >= 0.3 is 0 Å². The predicted molar refractivity (Wildman–Crippen MR) is 87.5 cm³/mol. The summed E-state index contributed by atoms with van der Waals surface area (Å²) in [6, 6.07) is 11.6. The minimum Gasteiger partial charge on any atom is -0.489 e. The standard InChI is InChI=1S/C18H21NO3/c1-13-8-9-14(2)18(15(13)3)22-11-10-21-17-7-5-4-6-16(17)12-19-20/h4-9,12,20H,10-11H2,1-3H3/b19-12+. The van der Waals surface area contributed by atoms with Crippen LogP contribution in [0.4, 0.5) is 0 Å². The Morgan fingerprint density at radius 2 is 1.64 bits per heavy atom. The maximum absolute atomic E-state index is 8.64. The molecule has 0 bridgehead atoms. The summed E-state index contributed by atoms with van der Waals surface area (Å²) in [6.07, 6.45) is 1.35. The molecule has 0 spiro atoms. The van der Waals surface area contributed by atoms with Crippen molar-refractivity contribution in [2.45, 2.75) is 20.8 Å². The highest BCUT2D eigenvalue weighted by atomic mass is 16.5. The van der Waals surface area contributed by atoms with Crippen LogP contribution in [0.3, 0.4) is 0 Å². The van der Waals surface area contributed by atoms with Gasteiger partial charge < -0.3 is 14.7 Å². The molecule has 1 N–H and O–H groups in total. The fraction of sp³-hybridized carbons (Fsp3) is 0.278. The van der Waals surface area contributed by atoms with Crippen molar-refractivity contribution in [3.05, 3.63) is 58.7 Å². The van der Waals surface area contributed by atoms with Gasteiger partial charge in [-0.2, -0.15) is 0 Å². The Labute approximate surface area is 131 Å². The lowest BCUT2D eigenvalue weighted by atomic mass is 10.1. The van der Waals surface area contributed by atoms with E-state index in [1.807, 2.05) is 31.2 Å². The molecule has 0 amide bonds. The van der Waals surface area contributed by atoms with Crippen LogP contribution in [-0.2, 0) is 0 Å². The van der Waals surface area contributed by atoms with Gasteiger partial charge in [0, 0.05) is 5.56 Å². The SMILES string of the molecule is Cc1ccc(C)c(OCCOc2ccccc2/C=N/O)c1C. The fourth-order valence-corrected chi connectivity index (χ4v) is 2.22. The number of rotatable bonds is 6. The Balaban J connectivity index is 1.95.